The molecule has 0 aromatic carbocycles. The Kier molecular flexibility index (Phi) is 2.49. The van der Waals surface area contributed by atoms with Crippen molar-refractivity contribution in [3.8, 4) is 0 Å². The van der Waals surface area contributed by atoms with E-state index in [9.17, 15) is 5.11 Å². The standard InChI is InChI=1S/C7H15NO3/c1-5-3-6(9)7(8,11-5)4-10-2/h5-6,9H,3-4,8H2,1-2H3/t5-,6?,7+/m0/s1. The minimum Gasteiger partial charge on any atom is -0.388 e. The summed E-state index contributed by atoms with van der Waals surface area (Å²) in [6.45, 7) is 2.12. The fourth-order valence-electron chi connectivity index (χ4n) is 1.37. The Labute approximate surface area is 66.3 Å². The molecule has 0 radical (unpaired) electrons. The van der Waals surface area contributed by atoms with Crippen molar-refractivity contribution < 1.29 is 14.6 Å². The summed E-state index contributed by atoms with van der Waals surface area (Å²) >= 11 is 0. The van der Waals surface area contributed by atoms with Gasteiger partial charge < -0.3 is 14.6 Å². The summed E-state index contributed by atoms with van der Waals surface area (Å²) in [5.74, 6) is 0. The SMILES string of the molecule is COC[C@@]1(N)O[C@@H](C)CC1O. The molecule has 3 atom stereocenters. The van der Waals surface area contributed by atoms with Gasteiger partial charge in [0, 0.05) is 13.5 Å². The molecule has 1 heterocycles. The van der Waals surface area contributed by atoms with Crippen LogP contribution in [-0.2, 0) is 9.47 Å². The highest BCUT2D eigenvalue weighted by atomic mass is 16.6. The molecule has 3 N–H and O–H groups in total. The smallest absolute Gasteiger partial charge is 0.166 e. The third-order valence-corrected chi connectivity index (χ3v) is 1.91. The van der Waals surface area contributed by atoms with Gasteiger partial charge >= 0.3 is 0 Å². The van der Waals surface area contributed by atoms with Crippen molar-refractivity contribution in [2.24, 2.45) is 5.73 Å². The predicted octanol–water partition coefficient (Wildman–Crippen LogP) is -0.543. The summed E-state index contributed by atoms with van der Waals surface area (Å²) < 4.78 is 10.1. The molecule has 0 amide bonds. The van der Waals surface area contributed by atoms with Gasteiger partial charge in [-0.25, -0.2) is 0 Å². The molecule has 0 aromatic rings. The van der Waals surface area contributed by atoms with E-state index >= 15 is 0 Å². The summed E-state index contributed by atoms with van der Waals surface area (Å²) in [5.41, 5.74) is 4.71. The van der Waals surface area contributed by atoms with Gasteiger partial charge in [0.25, 0.3) is 0 Å². The van der Waals surface area contributed by atoms with Crippen LogP contribution in [0.4, 0.5) is 0 Å². The molecule has 66 valence electrons. The first-order valence-corrected chi connectivity index (χ1v) is 3.72. The van der Waals surface area contributed by atoms with Crippen LogP contribution >= 0.6 is 0 Å². The average molecular weight is 161 g/mol. The number of hydrogen-bond acceptors (Lipinski definition) is 4. The molecule has 0 aliphatic carbocycles. The number of hydrogen-bond donors (Lipinski definition) is 2. The number of aliphatic hydroxyl groups excluding tert-OH is 1. The fourth-order valence-corrected chi connectivity index (χ4v) is 1.37. The van der Waals surface area contributed by atoms with Crippen LogP contribution in [0.5, 0.6) is 0 Å². The quantitative estimate of drug-likeness (QED) is 0.570. The van der Waals surface area contributed by atoms with Crippen molar-refractivity contribution in [1.29, 1.82) is 0 Å². The van der Waals surface area contributed by atoms with Gasteiger partial charge in [0.05, 0.1) is 12.7 Å². The van der Waals surface area contributed by atoms with E-state index in [0.29, 0.717) is 6.42 Å². The third kappa shape index (κ3) is 1.70. The maximum absolute atomic E-state index is 9.42. The number of aliphatic hydroxyl groups is 1. The molecule has 4 heteroatoms. The van der Waals surface area contributed by atoms with Crippen LogP contribution in [0.2, 0.25) is 0 Å². The zero-order valence-corrected chi connectivity index (χ0v) is 6.91. The second-order valence-electron chi connectivity index (χ2n) is 3.07. The Morgan fingerprint density at radius 3 is 2.82 bits per heavy atom. The van der Waals surface area contributed by atoms with Gasteiger partial charge in [-0.15, -0.1) is 0 Å². The van der Waals surface area contributed by atoms with Crippen LogP contribution in [0.15, 0.2) is 0 Å². The lowest BCUT2D eigenvalue weighted by Crippen LogP contribution is -2.52. The lowest BCUT2D eigenvalue weighted by Gasteiger charge is -2.25. The summed E-state index contributed by atoms with van der Waals surface area (Å²) in [6, 6.07) is 0. The van der Waals surface area contributed by atoms with E-state index in [2.05, 4.69) is 0 Å². The Morgan fingerprint density at radius 1 is 1.82 bits per heavy atom. The van der Waals surface area contributed by atoms with Crippen molar-refractivity contribution in [3.05, 3.63) is 0 Å². The predicted molar refractivity (Wildman–Crippen MR) is 40.0 cm³/mol. The van der Waals surface area contributed by atoms with Gasteiger partial charge in [-0.1, -0.05) is 0 Å². The molecule has 0 bridgehead atoms. The first-order chi connectivity index (χ1) is 5.08. The van der Waals surface area contributed by atoms with E-state index in [0.717, 1.165) is 0 Å². The maximum atomic E-state index is 9.42. The van der Waals surface area contributed by atoms with Crippen molar-refractivity contribution in [3.63, 3.8) is 0 Å². The second kappa shape index (κ2) is 3.06. The maximum Gasteiger partial charge on any atom is 0.166 e. The average Bonchev–Trinajstić information content (AvgIpc) is 2.08. The topological polar surface area (TPSA) is 64.7 Å². The highest BCUT2D eigenvalue weighted by molar-refractivity contribution is 4.90. The molecule has 4 nitrogen and oxygen atoms in total. The second-order valence-corrected chi connectivity index (χ2v) is 3.07. The van der Waals surface area contributed by atoms with Crippen LogP contribution in [-0.4, -0.2) is 36.8 Å². The lowest BCUT2D eigenvalue weighted by atomic mass is 10.1. The highest BCUT2D eigenvalue weighted by Gasteiger charge is 2.43. The number of nitrogens with two attached hydrogens (primary N) is 1. The first kappa shape index (κ1) is 8.93. The molecular weight excluding hydrogens is 146 g/mol. The molecule has 1 rings (SSSR count). The van der Waals surface area contributed by atoms with E-state index in [1.165, 1.54) is 7.11 Å². The van der Waals surface area contributed by atoms with Gasteiger partial charge in [-0.05, 0) is 6.92 Å². The van der Waals surface area contributed by atoms with Gasteiger partial charge in [-0.2, -0.15) is 0 Å². The third-order valence-electron chi connectivity index (χ3n) is 1.91. The zero-order valence-electron chi connectivity index (χ0n) is 6.91. The molecule has 1 saturated heterocycles. The lowest BCUT2D eigenvalue weighted by molar-refractivity contribution is -0.111. The van der Waals surface area contributed by atoms with Crippen molar-refractivity contribution in [2.45, 2.75) is 31.3 Å². The number of rotatable bonds is 2. The highest BCUT2D eigenvalue weighted by Crippen LogP contribution is 2.26. The zero-order chi connectivity index (χ0) is 8.48. The summed E-state index contributed by atoms with van der Waals surface area (Å²) in [5, 5.41) is 9.42. The number of methoxy groups -OCH3 is 1. The minimum absolute atomic E-state index is 0.0187. The molecule has 1 unspecified atom stereocenters. The van der Waals surface area contributed by atoms with Crippen molar-refractivity contribution >= 4 is 0 Å². The molecular formula is C7H15NO3. The molecule has 11 heavy (non-hydrogen) atoms. The van der Waals surface area contributed by atoms with Crippen LogP contribution in [0.25, 0.3) is 0 Å². The van der Waals surface area contributed by atoms with E-state index in [-0.39, 0.29) is 12.7 Å². The Bertz CT molecular complexity index is 142. The van der Waals surface area contributed by atoms with E-state index < -0.39 is 11.8 Å². The summed E-state index contributed by atoms with van der Waals surface area (Å²) in [4.78, 5) is 0. The van der Waals surface area contributed by atoms with E-state index in [1.54, 1.807) is 0 Å². The summed E-state index contributed by atoms with van der Waals surface area (Å²) in [7, 11) is 1.54. The largest absolute Gasteiger partial charge is 0.388 e. The minimum atomic E-state index is -0.992. The summed E-state index contributed by atoms with van der Waals surface area (Å²) in [6.07, 6.45) is -0.0116. The van der Waals surface area contributed by atoms with Gasteiger partial charge in [0.15, 0.2) is 5.72 Å². The number of ether oxygens (including phenoxy) is 2. The Morgan fingerprint density at radius 2 is 2.45 bits per heavy atom. The van der Waals surface area contributed by atoms with Crippen LogP contribution in [0, 0.1) is 0 Å². The molecule has 0 aromatic heterocycles. The molecule has 1 aliphatic heterocycles. The molecule has 1 aliphatic rings. The van der Waals surface area contributed by atoms with Crippen molar-refractivity contribution in [1.82, 2.24) is 0 Å². The van der Waals surface area contributed by atoms with E-state index in [4.69, 9.17) is 15.2 Å². The normalized spacial score (nSPS) is 44.7. The van der Waals surface area contributed by atoms with Crippen LogP contribution in [0.3, 0.4) is 0 Å². The van der Waals surface area contributed by atoms with Crippen LogP contribution in [0.1, 0.15) is 13.3 Å². The van der Waals surface area contributed by atoms with Gasteiger partial charge in [0.1, 0.15) is 6.10 Å². The molecule has 0 saturated carbocycles. The first-order valence-electron chi connectivity index (χ1n) is 3.72. The Balaban J connectivity index is 2.55. The van der Waals surface area contributed by atoms with Gasteiger partial charge in [0.2, 0.25) is 0 Å². The van der Waals surface area contributed by atoms with Crippen molar-refractivity contribution in [2.75, 3.05) is 13.7 Å². The monoisotopic (exact) mass is 161 g/mol. The Hall–Kier alpha value is -0.160. The molecule has 0 spiro atoms. The van der Waals surface area contributed by atoms with Crippen LogP contribution < -0.4 is 5.73 Å². The van der Waals surface area contributed by atoms with Gasteiger partial charge in [-0.3, -0.25) is 5.73 Å². The van der Waals surface area contributed by atoms with E-state index in [1.807, 2.05) is 6.92 Å². The fraction of sp³-hybridized carbons (Fsp3) is 1.00. The molecule has 1 fully saturated rings.